The van der Waals surface area contributed by atoms with E-state index in [0.29, 0.717) is 28.3 Å². The number of rotatable bonds is 4. The Hall–Kier alpha value is -1.80. The average molecular weight is 504 g/mol. The lowest BCUT2D eigenvalue weighted by Crippen LogP contribution is -2.50. The molecule has 8 heteroatoms. The van der Waals surface area contributed by atoms with E-state index in [1.165, 1.54) is 11.3 Å². The van der Waals surface area contributed by atoms with Crippen molar-refractivity contribution in [3.05, 3.63) is 39.6 Å². The van der Waals surface area contributed by atoms with Crippen LogP contribution in [0.3, 0.4) is 0 Å². The molecule has 4 aliphatic rings. The predicted octanol–water partition coefficient (Wildman–Crippen LogP) is 6.05. The van der Waals surface area contributed by atoms with Crippen molar-refractivity contribution in [1.82, 2.24) is 4.98 Å². The van der Waals surface area contributed by atoms with Gasteiger partial charge in [0, 0.05) is 11.3 Å². The number of nitrogens with zero attached hydrogens (tertiary/aromatic N) is 1. The molecule has 182 valence electrons. The highest BCUT2D eigenvalue weighted by Crippen LogP contribution is 2.66. The van der Waals surface area contributed by atoms with Gasteiger partial charge in [0.2, 0.25) is 5.78 Å². The van der Waals surface area contributed by atoms with Crippen molar-refractivity contribution in [1.29, 1.82) is 0 Å². The van der Waals surface area contributed by atoms with Gasteiger partial charge in [-0.25, -0.2) is 14.2 Å². The molecule has 0 radical (unpaired) electrons. The van der Waals surface area contributed by atoms with E-state index in [2.05, 4.69) is 18.8 Å². The first-order valence-corrected chi connectivity index (χ1v) is 13.9. The lowest BCUT2D eigenvalue weighted by atomic mass is 9.48. The third kappa shape index (κ3) is 3.63. The van der Waals surface area contributed by atoms with E-state index in [1.807, 2.05) is 6.08 Å². The van der Waals surface area contributed by atoms with Crippen molar-refractivity contribution in [2.24, 2.45) is 34.5 Å². The second kappa shape index (κ2) is 8.70. The Morgan fingerprint density at radius 1 is 1.24 bits per heavy atom. The summed E-state index contributed by atoms with van der Waals surface area (Å²) in [5, 5.41) is 0.00396. The molecule has 0 bridgehead atoms. The van der Waals surface area contributed by atoms with Crippen LogP contribution >= 0.6 is 23.1 Å². The zero-order valence-corrected chi connectivity index (χ0v) is 21.4. The molecule has 4 aliphatic carbocycles. The van der Waals surface area contributed by atoms with Gasteiger partial charge < -0.3 is 4.74 Å². The van der Waals surface area contributed by atoms with Gasteiger partial charge in [0.25, 0.3) is 0 Å². The normalized spacial score (nSPS) is 36.6. The summed E-state index contributed by atoms with van der Waals surface area (Å²) in [6, 6.07) is -0.657. The summed E-state index contributed by atoms with van der Waals surface area (Å²) in [5.74, 6) is 0.404. The van der Waals surface area contributed by atoms with E-state index < -0.39 is 12.0 Å². The Bertz CT molecular complexity index is 1110. The molecular weight excluding hydrogens is 473 g/mol. The van der Waals surface area contributed by atoms with Crippen molar-refractivity contribution < 1.29 is 23.5 Å². The number of esters is 1. The van der Waals surface area contributed by atoms with Crippen molar-refractivity contribution in [3.63, 3.8) is 0 Å². The maximum Gasteiger partial charge on any atom is 0.355 e. The summed E-state index contributed by atoms with van der Waals surface area (Å²) < 4.78 is 18.5. The molecule has 3 saturated carbocycles. The highest BCUT2D eigenvalue weighted by molar-refractivity contribution is 8.13. The molecule has 0 saturated heterocycles. The van der Waals surface area contributed by atoms with Crippen LogP contribution in [0.5, 0.6) is 0 Å². The topological polar surface area (TPSA) is 73.3 Å². The van der Waals surface area contributed by atoms with Crippen LogP contribution in [0.1, 0.15) is 67.7 Å². The molecule has 0 aromatic carbocycles. The molecule has 0 spiro atoms. The zero-order chi connectivity index (χ0) is 24.3. The molecule has 0 amide bonds. The summed E-state index contributed by atoms with van der Waals surface area (Å²) in [4.78, 5) is 42.7. The Morgan fingerprint density at radius 3 is 2.74 bits per heavy atom. The van der Waals surface area contributed by atoms with Crippen LogP contribution in [0.2, 0.25) is 0 Å². The maximum absolute atomic E-state index is 12.9. The number of fused-ring (bicyclic) bond motifs is 5. The van der Waals surface area contributed by atoms with Gasteiger partial charge in [-0.3, -0.25) is 9.59 Å². The van der Waals surface area contributed by atoms with Gasteiger partial charge in [0.05, 0.1) is 11.2 Å². The van der Waals surface area contributed by atoms with Crippen LogP contribution < -0.4 is 0 Å². The molecule has 0 unspecified atom stereocenters. The van der Waals surface area contributed by atoms with Gasteiger partial charge >= 0.3 is 5.97 Å². The lowest BCUT2D eigenvalue weighted by molar-refractivity contribution is -0.121. The minimum absolute atomic E-state index is 0.00396. The van der Waals surface area contributed by atoms with E-state index in [4.69, 9.17) is 4.74 Å². The molecule has 1 heterocycles. The number of carbonyl (C=O) groups is 3. The van der Waals surface area contributed by atoms with E-state index >= 15 is 0 Å². The summed E-state index contributed by atoms with van der Waals surface area (Å²) >= 11 is 2.03. The number of alkyl halides is 1. The van der Waals surface area contributed by atoms with Gasteiger partial charge in [0.15, 0.2) is 10.9 Å². The Balaban J connectivity index is 1.42. The van der Waals surface area contributed by atoms with Gasteiger partial charge in [-0.15, -0.1) is 11.3 Å². The first-order chi connectivity index (χ1) is 16.2. The first-order valence-electron chi connectivity index (χ1n) is 12.0. The number of thioether (sulfide) groups is 1. The van der Waals surface area contributed by atoms with E-state index in [1.54, 1.807) is 18.5 Å². The minimum atomic E-state index is -0.657. The molecule has 1 aromatic heterocycles. The van der Waals surface area contributed by atoms with E-state index in [-0.39, 0.29) is 33.4 Å². The second-order valence-corrected chi connectivity index (χ2v) is 12.4. The molecule has 5 rings (SSSR count). The van der Waals surface area contributed by atoms with Crippen LogP contribution in [-0.2, 0) is 14.3 Å². The minimum Gasteiger partial charge on any atom is -0.418 e. The molecule has 0 aliphatic heterocycles. The number of allylic oxidation sites excluding steroid dienone is 3. The summed E-state index contributed by atoms with van der Waals surface area (Å²) in [6.45, 7) is 6.16. The number of aryl methyl sites for hydroxylation is 1. The third-order valence-corrected chi connectivity index (χ3v) is 10.8. The Labute approximate surface area is 207 Å². The number of ketones is 1. The highest BCUT2D eigenvalue weighted by Gasteiger charge is 2.60. The highest BCUT2D eigenvalue weighted by atomic mass is 32.2. The van der Waals surface area contributed by atoms with Gasteiger partial charge in [-0.1, -0.05) is 31.2 Å². The SMILES string of the molecule is Cc1ncsc1C(=O)OC1=C[C@@]2(C)C(=CC1=O)CC[C@@H]1[C@H]2CC[C@]2(C)[C@H](C(=O)SCF)CC[C@@H]12. The second-order valence-electron chi connectivity index (χ2n) is 10.6. The number of halogens is 1. The molecule has 34 heavy (non-hydrogen) atoms. The third-order valence-electron chi connectivity index (χ3n) is 9.24. The smallest absolute Gasteiger partial charge is 0.355 e. The van der Waals surface area contributed by atoms with Gasteiger partial charge in [-0.05, 0) is 80.8 Å². The fourth-order valence-corrected chi connectivity index (χ4v) is 8.90. The molecule has 3 fully saturated rings. The molecule has 6 atom stereocenters. The fourth-order valence-electron chi connectivity index (χ4n) is 7.53. The number of carbonyl (C=O) groups excluding carboxylic acids is 3. The van der Waals surface area contributed by atoms with Crippen LogP contribution in [0.15, 0.2) is 29.0 Å². The average Bonchev–Trinajstić information content (AvgIpc) is 3.37. The fraction of sp³-hybridized carbons (Fsp3) is 0.615. The lowest BCUT2D eigenvalue weighted by Gasteiger charge is -2.56. The van der Waals surface area contributed by atoms with Crippen LogP contribution in [0.4, 0.5) is 4.39 Å². The molecule has 0 N–H and O–H groups in total. The number of aromatic nitrogens is 1. The standard InChI is InChI=1S/C26H30FNO4S2/c1-14-22(34-13-28-14)23(30)32-21-11-26(3)15(10-20(21)29)4-5-16-17-6-7-19(24(31)33-12-27)25(17,2)9-8-18(16)26/h10-11,13,16-19H,4-9,12H2,1-3H3/t16-,17-,18+,19-,25-,26-/m0/s1. The molecule has 5 nitrogen and oxygen atoms in total. The predicted molar refractivity (Wildman–Crippen MR) is 130 cm³/mol. The molecular formula is C26H30FNO4S2. The summed E-state index contributed by atoms with van der Waals surface area (Å²) in [7, 11) is 0. The van der Waals surface area contributed by atoms with E-state index in [0.717, 1.165) is 55.9 Å². The maximum atomic E-state index is 12.9. The van der Waals surface area contributed by atoms with E-state index in [9.17, 15) is 18.8 Å². The Kier molecular flexibility index (Phi) is 6.12. The number of ether oxygens (including phenoxy) is 1. The summed E-state index contributed by atoms with van der Waals surface area (Å²) in [6.07, 6.45) is 9.10. The quantitative estimate of drug-likeness (QED) is 0.466. The van der Waals surface area contributed by atoms with Crippen LogP contribution in [-0.4, -0.2) is 27.9 Å². The molecule has 1 aromatic rings. The largest absolute Gasteiger partial charge is 0.418 e. The number of thiazole rings is 1. The van der Waals surface area contributed by atoms with Gasteiger partial charge in [-0.2, -0.15) is 0 Å². The number of hydrogen-bond donors (Lipinski definition) is 0. The first kappa shape index (κ1) is 23.9. The van der Waals surface area contributed by atoms with Crippen molar-refractivity contribution in [3.8, 4) is 0 Å². The van der Waals surface area contributed by atoms with Crippen LogP contribution in [0.25, 0.3) is 0 Å². The summed E-state index contributed by atoms with van der Waals surface area (Å²) in [5.41, 5.74) is 2.87. The monoisotopic (exact) mass is 503 g/mol. The number of hydrogen-bond acceptors (Lipinski definition) is 7. The van der Waals surface area contributed by atoms with Crippen molar-refractivity contribution >= 4 is 40.0 Å². The van der Waals surface area contributed by atoms with Crippen molar-refractivity contribution in [2.45, 2.75) is 59.3 Å². The Morgan fingerprint density at radius 2 is 2.03 bits per heavy atom. The van der Waals surface area contributed by atoms with Crippen molar-refractivity contribution in [2.75, 3.05) is 6.01 Å². The van der Waals surface area contributed by atoms with Crippen LogP contribution in [0, 0.1) is 41.4 Å². The van der Waals surface area contributed by atoms with Gasteiger partial charge in [0.1, 0.15) is 10.9 Å². The zero-order valence-electron chi connectivity index (χ0n) is 19.8.